The van der Waals surface area contributed by atoms with Crippen molar-refractivity contribution in [3.8, 4) is 0 Å². The minimum absolute atomic E-state index is 0.552. The molecule has 4 nitrogen and oxygen atoms in total. The third kappa shape index (κ3) is 2.11. The Kier molecular flexibility index (Phi) is 2.93. The first-order valence-corrected chi connectivity index (χ1v) is 7.10. The molecular formula is C12H16N4S. The van der Waals surface area contributed by atoms with Crippen molar-refractivity contribution < 1.29 is 0 Å². The van der Waals surface area contributed by atoms with E-state index >= 15 is 0 Å². The van der Waals surface area contributed by atoms with Gasteiger partial charge in [-0.1, -0.05) is 0 Å². The van der Waals surface area contributed by atoms with Crippen molar-refractivity contribution in [2.45, 2.75) is 18.9 Å². The summed E-state index contributed by atoms with van der Waals surface area (Å²) in [5, 5.41) is 3.54. The second-order valence-electron chi connectivity index (χ2n) is 4.41. The number of thioether (sulfide) groups is 1. The van der Waals surface area contributed by atoms with Gasteiger partial charge in [0.05, 0.1) is 11.8 Å². The van der Waals surface area contributed by atoms with Crippen LogP contribution in [0.2, 0.25) is 0 Å². The molecule has 5 heteroatoms. The molecule has 1 fully saturated rings. The summed E-state index contributed by atoms with van der Waals surface area (Å²) in [4.78, 5) is 8.84. The first-order valence-electron chi connectivity index (χ1n) is 5.95. The van der Waals surface area contributed by atoms with Crippen LogP contribution in [0.15, 0.2) is 18.6 Å². The first-order chi connectivity index (χ1) is 8.34. The van der Waals surface area contributed by atoms with Crippen molar-refractivity contribution in [2.24, 2.45) is 7.05 Å². The zero-order chi connectivity index (χ0) is 11.7. The smallest absolute Gasteiger partial charge is 0.154 e. The molecular weight excluding hydrogens is 232 g/mol. The lowest BCUT2D eigenvalue weighted by atomic mass is 10.1. The molecule has 1 aliphatic heterocycles. The molecule has 0 amide bonds. The molecule has 1 saturated heterocycles. The Labute approximate surface area is 105 Å². The van der Waals surface area contributed by atoms with Crippen molar-refractivity contribution >= 4 is 28.6 Å². The number of pyridine rings is 1. The molecule has 3 heterocycles. The van der Waals surface area contributed by atoms with E-state index < -0.39 is 0 Å². The van der Waals surface area contributed by atoms with E-state index in [-0.39, 0.29) is 0 Å². The molecule has 2 aromatic rings. The second kappa shape index (κ2) is 4.56. The van der Waals surface area contributed by atoms with Gasteiger partial charge in [-0.3, -0.25) is 0 Å². The Morgan fingerprint density at radius 2 is 2.18 bits per heavy atom. The lowest BCUT2D eigenvalue weighted by Crippen LogP contribution is -2.25. The number of nitrogens with zero attached hydrogens (tertiary/aromatic N) is 3. The summed E-state index contributed by atoms with van der Waals surface area (Å²) in [6, 6.07) is 2.56. The largest absolute Gasteiger partial charge is 0.365 e. The average molecular weight is 248 g/mol. The molecule has 0 spiro atoms. The average Bonchev–Trinajstić information content (AvgIpc) is 2.74. The van der Waals surface area contributed by atoms with Gasteiger partial charge in [-0.05, 0) is 30.4 Å². The van der Waals surface area contributed by atoms with Gasteiger partial charge in [0.15, 0.2) is 5.82 Å². The first kappa shape index (κ1) is 10.9. The quantitative estimate of drug-likeness (QED) is 0.885. The molecule has 3 rings (SSSR count). The molecule has 0 aliphatic carbocycles. The summed E-state index contributed by atoms with van der Waals surface area (Å²) in [6.07, 6.45) is 6.13. The fourth-order valence-corrected chi connectivity index (χ4v) is 3.31. The number of anilines is 1. The Morgan fingerprint density at radius 3 is 3.00 bits per heavy atom. The maximum Gasteiger partial charge on any atom is 0.154 e. The molecule has 1 aliphatic rings. The second-order valence-corrected chi connectivity index (χ2v) is 5.64. The van der Waals surface area contributed by atoms with Gasteiger partial charge in [-0.25, -0.2) is 9.97 Å². The lowest BCUT2D eigenvalue weighted by molar-refractivity contribution is 0.664. The van der Waals surface area contributed by atoms with E-state index in [0.717, 1.165) is 16.9 Å². The van der Waals surface area contributed by atoms with E-state index in [1.807, 2.05) is 42.0 Å². The van der Waals surface area contributed by atoms with Crippen LogP contribution in [0.4, 0.5) is 5.82 Å². The number of hydrogen-bond acceptors (Lipinski definition) is 4. The standard InChI is InChI=1S/C12H16N4S/c1-16-8-14-11-10(16)2-5-13-12(11)15-9-3-6-17-7-4-9/h2,5,8-9H,3-4,6-7H2,1H3,(H,13,15). The minimum Gasteiger partial charge on any atom is -0.365 e. The highest BCUT2D eigenvalue weighted by Gasteiger charge is 2.15. The van der Waals surface area contributed by atoms with Crippen LogP contribution in [0.25, 0.3) is 11.0 Å². The van der Waals surface area contributed by atoms with Gasteiger partial charge in [-0.15, -0.1) is 0 Å². The topological polar surface area (TPSA) is 42.7 Å². The molecule has 0 unspecified atom stereocenters. The molecule has 1 N–H and O–H groups in total. The molecule has 0 aromatic carbocycles. The number of aryl methyl sites for hydroxylation is 1. The van der Waals surface area contributed by atoms with Crippen molar-refractivity contribution in [2.75, 3.05) is 16.8 Å². The molecule has 17 heavy (non-hydrogen) atoms. The number of imidazole rings is 1. The van der Waals surface area contributed by atoms with E-state index in [2.05, 4.69) is 15.3 Å². The molecule has 0 radical (unpaired) electrons. The molecule has 0 bridgehead atoms. The SMILES string of the molecule is Cn1cnc2c(NC3CCSCC3)nccc21. The van der Waals surface area contributed by atoms with Gasteiger partial charge < -0.3 is 9.88 Å². The Morgan fingerprint density at radius 1 is 1.35 bits per heavy atom. The number of nitrogens with one attached hydrogen (secondary N) is 1. The number of fused-ring (bicyclic) bond motifs is 1. The lowest BCUT2D eigenvalue weighted by Gasteiger charge is -2.23. The van der Waals surface area contributed by atoms with Crippen molar-refractivity contribution in [3.63, 3.8) is 0 Å². The Balaban J connectivity index is 1.89. The summed E-state index contributed by atoms with van der Waals surface area (Å²) in [6.45, 7) is 0. The fraction of sp³-hybridized carbons (Fsp3) is 0.500. The van der Waals surface area contributed by atoms with E-state index in [1.165, 1.54) is 24.3 Å². The maximum atomic E-state index is 4.42. The third-order valence-electron chi connectivity index (χ3n) is 3.21. The zero-order valence-electron chi connectivity index (χ0n) is 9.89. The van der Waals surface area contributed by atoms with E-state index in [1.54, 1.807) is 0 Å². The molecule has 0 saturated carbocycles. The van der Waals surface area contributed by atoms with Crippen LogP contribution in [-0.4, -0.2) is 32.1 Å². The number of rotatable bonds is 2. The molecule has 90 valence electrons. The summed E-state index contributed by atoms with van der Waals surface area (Å²) >= 11 is 2.04. The van der Waals surface area contributed by atoms with Crippen molar-refractivity contribution in [3.05, 3.63) is 18.6 Å². The van der Waals surface area contributed by atoms with Crippen LogP contribution < -0.4 is 5.32 Å². The van der Waals surface area contributed by atoms with Crippen LogP contribution in [0.5, 0.6) is 0 Å². The molecule has 0 atom stereocenters. The minimum atomic E-state index is 0.552. The number of aromatic nitrogens is 3. The summed E-state index contributed by atoms with van der Waals surface area (Å²) in [7, 11) is 2.01. The fourth-order valence-electron chi connectivity index (χ4n) is 2.20. The highest BCUT2D eigenvalue weighted by atomic mass is 32.2. The van der Waals surface area contributed by atoms with E-state index in [0.29, 0.717) is 6.04 Å². The highest BCUT2D eigenvalue weighted by molar-refractivity contribution is 7.99. The predicted octanol–water partition coefficient (Wildman–Crippen LogP) is 2.28. The summed E-state index contributed by atoms with van der Waals surface area (Å²) in [5.41, 5.74) is 2.11. The maximum absolute atomic E-state index is 4.42. The van der Waals surface area contributed by atoms with Gasteiger partial charge in [0, 0.05) is 19.3 Å². The van der Waals surface area contributed by atoms with Crippen molar-refractivity contribution in [1.82, 2.24) is 14.5 Å². The normalized spacial score (nSPS) is 17.5. The summed E-state index contributed by atoms with van der Waals surface area (Å²) < 4.78 is 2.03. The number of hydrogen-bond donors (Lipinski definition) is 1. The Bertz CT molecular complexity index is 516. The van der Waals surface area contributed by atoms with Gasteiger partial charge in [-0.2, -0.15) is 11.8 Å². The van der Waals surface area contributed by atoms with Crippen LogP contribution >= 0.6 is 11.8 Å². The monoisotopic (exact) mass is 248 g/mol. The Hall–Kier alpha value is -1.23. The predicted molar refractivity (Wildman–Crippen MR) is 72.5 cm³/mol. The van der Waals surface area contributed by atoms with Gasteiger partial charge in [0.25, 0.3) is 0 Å². The van der Waals surface area contributed by atoms with Crippen LogP contribution in [0.3, 0.4) is 0 Å². The highest BCUT2D eigenvalue weighted by Crippen LogP contribution is 2.23. The van der Waals surface area contributed by atoms with E-state index in [9.17, 15) is 0 Å². The van der Waals surface area contributed by atoms with Crippen molar-refractivity contribution in [1.29, 1.82) is 0 Å². The zero-order valence-corrected chi connectivity index (χ0v) is 10.7. The van der Waals surface area contributed by atoms with Crippen LogP contribution in [-0.2, 0) is 7.05 Å². The van der Waals surface area contributed by atoms with Gasteiger partial charge in [0.1, 0.15) is 5.52 Å². The van der Waals surface area contributed by atoms with Crippen LogP contribution in [0.1, 0.15) is 12.8 Å². The van der Waals surface area contributed by atoms with Crippen LogP contribution in [0, 0.1) is 0 Å². The molecule has 2 aromatic heterocycles. The van der Waals surface area contributed by atoms with Gasteiger partial charge >= 0.3 is 0 Å². The summed E-state index contributed by atoms with van der Waals surface area (Å²) in [5.74, 6) is 3.42. The van der Waals surface area contributed by atoms with E-state index in [4.69, 9.17) is 0 Å². The van der Waals surface area contributed by atoms with Gasteiger partial charge in [0.2, 0.25) is 0 Å². The third-order valence-corrected chi connectivity index (χ3v) is 4.25.